The smallest absolute Gasteiger partial charge is 0.292 e. The molecule has 2 aromatic carbocycles. The molecule has 0 atom stereocenters. The molecule has 0 saturated carbocycles. The molecular formula is C20H15Cl2N3O2. The minimum absolute atomic E-state index is 0.276. The van der Waals surface area contributed by atoms with E-state index in [2.05, 4.69) is 10.4 Å². The number of aromatic nitrogens is 2. The average Bonchev–Trinajstić information content (AvgIpc) is 3.18. The fourth-order valence-electron chi connectivity index (χ4n) is 2.98. The van der Waals surface area contributed by atoms with E-state index in [0.717, 1.165) is 22.3 Å². The van der Waals surface area contributed by atoms with Gasteiger partial charge in [-0.3, -0.25) is 4.79 Å². The SMILES string of the molecule is Cc1c(C(=O)Nc2cc(C)n(-c3ccc(Cl)c(Cl)c3)n2)oc2ccccc12. The van der Waals surface area contributed by atoms with Crippen LogP contribution in [0.5, 0.6) is 0 Å². The van der Waals surface area contributed by atoms with Crippen molar-refractivity contribution in [2.24, 2.45) is 0 Å². The lowest BCUT2D eigenvalue weighted by atomic mass is 10.1. The van der Waals surface area contributed by atoms with Crippen LogP contribution < -0.4 is 5.32 Å². The second kappa shape index (κ2) is 6.76. The number of rotatable bonds is 3. The fourth-order valence-corrected chi connectivity index (χ4v) is 3.27. The van der Waals surface area contributed by atoms with Gasteiger partial charge in [0.2, 0.25) is 0 Å². The number of para-hydroxylation sites is 1. The molecule has 0 unspecified atom stereocenters. The van der Waals surface area contributed by atoms with E-state index in [1.54, 1.807) is 22.9 Å². The Labute approximate surface area is 165 Å². The number of halogens is 2. The number of anilines is 1. The molecule has 0 spiro atoms. The minimum Gasteiger partial charge on any atom is -0.451 e. The van der Waals surface area contributed by atoms with Crippen molar-refractivity contribution >= 4 is 45.9 Å². The summed E-state index contributed by atoms with van der Waals surface area (Å²) in [4.78, 5) is 12.7. The highest BCUT2D eigenvalue weighted by molar-refractivity contribution is 6.42. The predicted octanol–water partition coefficient (Wildman–Crippen LogP) is 5.79. The van der Waals surface area contributed by atoms with Crippen LogP contribution >= 0.6 is 23.2 Å². The zero-order chi connectivity index (χ0) is 19.1. The number of furan rings is 1. The summed E-state index contributed by atoms with van der Waals surface area (Å²) in [5.41, 5.74) is 3.06. The Hall–Kier alpha value is -2.76. The van der Waals surface area contributed by atoms with Gasteiger partial charge in [-0.15, -0.1) is 5.10 Å². The minimum atomic E-state index is -0.345. The van der Waals surface area contributed by atoms with Gasteiger partial charge in [-0.1, -0.05) is 41.4 Å². The molecule has 4 aromatic rings. The van der Waals surface area contributed by atoms with E-state index in [9.17, 15) is 4.79 Å². The van der Waals surface area contributed by atoms with Crippen LogP contribution in [0.4, 0.5) is 5.82 Å². The number of carbonyl (C=O) groups excluding carboxylic acids is 1. The lowest BCUT2D eigenvalue weighted by Gasteiger charge is -2.05. The maximum atomic E-state index is 12.7. The van der Waals surface area contributed by atoms with Gasteiger partial charge in [0.15, 0.2) is 11.6 Å². The molecule has 0 radical (unpaired) electrons. The molecule has 1 amide bonds. The summed E-state index contributed by atoms with van der Waals surface area (Å²) >= 11 is 12.1. The van der Waals surface area contributed by atoms with Gasteiger partial charge in [-0.05, 0) is 38.1 Å². The van der Waals surface area contributed by atoms with Gasteiger partial charge in [0.25, 0.3) is 5.91 Å². The van der Waals surface area contributed by atoms with Crippen LogP contribution in [-0.2, 0) is 0 Å². The van der Waals surface area contributed by atoms with Crippen molar-refractivity contribution in [2.45, 2.75) is 13.8 Å². The van der Waals surface area contributed by atoms with Crippen molar-refractivity contribution < 1.29 is 9.21 Å². The monoisotopic (exact) mass is 399 g/mol. The Morgan fingerprint density at radius 3 is 2.59 bits per heavy atom. The van der Waals surface area contributed by atoms with Gasteiger partial charge in [0, 0.05) is 22.7 Å². The van der Waals surface area contributed by atoms with E-state index < -0.39 is 0 Å². The lowest BCUT2D eigenvalue weighted by molar-refractivity contribution is 0.0997. The van der Waals surface area contributed by atoms with Crippen molar-refractivity contribution in [3.8, 4) is 5.69 Å². The molecule has 0 aliphatic heterocycles. The standard InChI is InChI=1S/C20H15Cl2N3O2/c1-11-9-18(24-25(11)13-7-8-15(21)16(22)10-13)23-20(26)19-12(2)14-5-3-4-6-17(14)27-19/h3-10H,1-2H3,(H,23,24,26). The molecule has 2 aromatic heterocycles. The first-order chi connectivity index (χ1) is 12.9. The van der Waals surface area contributed by atoms with E-state index in [0.29, 0.717) is 21.4 Å². The van der Waals surface area contributed by atoms with Crippen LogP contribution in [0, 0.1) is 13.8 Å². The first-order valence-corrected chi connectivity index (χ1v) is 9.01. The van der Waals surface area contributed by atoms with Crippen LogP contribution in [0.1, 0.15) is 21.8 Å². The summed E-state index contributed by atoms with van der Waals surface area (Å²) < 4.78 is 7.39. The Morgan fingerprint density at radius 2 is 1.85 bits per heavy atom. The normalized spacial score (nSPS) is 11.1. The molecule has 2 heterocycles. The number of hydrogen-bond acceptors (Lipinski definition) is 3. The maximum Gasteiger partial charge on any atom is 0.292 e. The third-order valence-electron chi connectivity index (χ3n) is 4.33. The van der Waals surface area contributed by atoms with Crippen LogP contribution in [0.15, 0.2) is 52.9 Å². The second-order valence-electron chi connectivity index (χ2n) is 6.19. The quantitative estimate of drug-likeness (QED) is 0.473. The Kier molecular flexibility index (Phi) is 4.42. The molecule has 0 saturated heterocycles. The van der Waals surface area contributed by atoms with Crippen LogP contribution in [0.3, 0.4) is 0 Å². The highest BCUT2D eigenvalue weighted by Crippen LogP contribution is 2.27. The second-order valence-corrected chi connectivity index (χ2v) is 7.00. The number of amides is 1. The van der Waals surface area contributed by atoms with Gasteiger partial charge >= 0.3 is 0 Å². The van der Waals surface area contributed by atoms with E-state index in [1.807, 2.05) is 44.2 Å². The topological polar surface area (TPSA) is 60.1 Å². The first kappa shape index (κ1) is 17.6. The average molecular weight is 400 g/mol. The third kappa shape index (κ3) is 3.20. The highest BCUT2D eigenvalue weighted by atomic mass is 35.5. The summed E-state index contributed by atoms with van der Waals surface area (Å²) in [6, 6.07) is 14.6. The van der Waals surface area contributed by atoms with E-state index in [1.165, 1.54) is 0 Å². The summed E-state index contributed by atoms with van der Waals surface area (Å²) in [7, 11) is 0. The lowest BCUT2D eigenvalue weighted by Crippen LogP contribution is -2.13. The molecule has 136 valence electrons. The molecule has 4 rings (SSSR count). The molecule has 7 heteroatoms. The number of hydrogen-bond donors (Lipinski definition) is 1. The van der Waals surface area contributed by atoms with Crippen LogP contribution in [0.2, 0.25) is 10.0 Å². The molecule has 5 nitrogen and oxygen atoms in total. The van der Waals surface area contributed by atoms with Crippen molar-refractivity contribution in [3.63, 3.8) is 0 Å². The van der Waals surface area contributed by atoms with E-state index in [4.69, 9.17) is 27.6 Å². The van der Waals surface area contributed by atoms with Gasteiger partial charge in [0.05, 0.1) is 15.7 Å². The van der Waals surface area contributed by atoms with E-state index in [-0.39, 0.29) is 11.7 Å². The number of nitrogens with zero attached hydrogens (tertiary/aromatic N) is 2. The number of carbonyl (C=O) groups is 1. The molecule has 1 N–H and O–H groups in total. The Bertz CT molecular complexity index is 1180. The molecule has 27 heavy (non-hydrogen) atoms. The van der Waals surface area contributed by atoms with Crippen molar-refractivity contribution in [1.29, 1.82) is 0 Å². The molecule has 0 bridgehead atoms. The zero-order valence-corrected chi connectivity index (χ0v) is 16.1. The number of aryl methyl sites for hydroxylation is 2. The highest BCUT2D eigenvalue weighted by Gasteiger charge is 2.19. The Balaban J connectivity index is 1.64. The largest absolute Gasteiger partial charge is 0.451 e. The fraction of sp³-hybridized carbons (Fsp3) is 0.100. The maximum absolute atomic E-state index is 12.7. The van der Waals surface area contributed by atoms with Gasteiger partial charge in [0.1, 0.15) is 5.58 Å². The van der Waals surface area contributed by atoms with Gasteiger partial charge < -0.3 is 9.73 Å². The summed E-state index contributed by atoms with van der Waals surface area (Å²) in [6.07, 6.45) is 0. The van der Waals surface area contributed by atoms with Crippen LogP contribution in [0.25, 0.3) is 16.7 Å². The van der Waals surface area contributed by atoms with Crippen molar-refractivity contribution in [1.82, 2.24) is 9.78 Å². The zero-order valence-electron chi connectivity index (χ0n) is 14.6. The van der Waals surface area contributed by atoms with Gasteiger partial charge in [-0.25, -0.2) is 4.68 Å². The number of benzene rings is 2. The first-order valence-electron chi connectivity index (χ1n) is 8.25. The predicted molar refractivity (Wildman–Crippen MR) is 107 cm³/mol. The summed E-state index contributed by atoms with van der Waals surface area (Å²) in [5, 5.41) is 9.06. The van der Waals surface area contributed by atoms with Crippen molar-refractivity contribution in [2.75, 3.05) is 5.32 Å². The third-order valence-corrected chi connectivity index (χ3v) is 5.07. The summed E-state index contributed by atoms with van der Waals surface area (Å²) in [5.74, 6) is 0.351. The molecule has 0 aliphatic carbocycles. The number of nitrogens with one attached hydrogen (secondary N) is 1. The molecule has 0 fully saturated rings. The van der Waals surface area contributed by atoms with Crippen LogP contribution in [-0.4, -0.2) is 15.7 Å². The summed E-state index contributed by atoms with van der Waals surface area (Å²) in [6.45, 7) is 3.75. The molecule has 0 aliphatic rings. The Morgan fingerprint density at radius 1 is 1.07 bits per heavy atom. The van der Waals surface area contributed by atoms with Crippen molar-refractivity contribution in [3.05, 3.63) is 75.6 Å². The number of fused-ring (bicyclic) bond motifs is 1. The molecular weight excluding hydrogens is 385 g/mol. The van der Waals surface area contributed by atoms with E-state index >= 15 is 0 Å². The van der Waals surface area contributed by atoms with Gasteiger partial charge in [-0.2, -0.15) is 0 Å².